The van der Waals surface area contributed by atoms with Crippen molar-refractivity contribution in [2.24, 2.45) is 0 Å². The molecule has 102 valence electrons. The van der Waals surface area contributed by atoms with E-state index in [1.54, 1.807) is 15.9 Å². The molecule has 0 bridgehead atoms. The molecule has 0 fully saturated rings. The van der Waals surface area contributed by atoms with Crippen LogP contribution < -0.4 is 0 Å². The molecule has 0 saturated heterocycles. The molecule has 20 heavy (non-hydrogen) atoms. The van der Waals surface area contributed by atoms with Gasteiger partial charge in [-0.25, -0.2) is 4.98 Å². The van der Waals surface area contributed by atoms with Crippen LogP contribution in [-0.4, -0.2) is 20.9 Å². The lowest BCUT2D eigenvalue weighted by molar-refractivity contribution is 0.111. The highest BCUT2D eigenvalue weighted by atomic mass is 79.9. The zero-order valence-electron chi connectivity index (χ0n) is 10.8. The summed E-state index contributed by atoms with van der Waals surface area (Å²) in [6.45, 7) is 2.11. The van der Waals surface area contributed by atoms with Crippen molar-refractivity contribution in [1.29, 1.82) is 0 Å². The average molecular weight is 350 g/mol. The van der Waals surface area contributed by atoms with Crippen LogP contribution in [0.25, 0.3) is 16.2 Å². The summed E-state index contributed by atoms with van der Waals surface area (Å²) in [6.07, 6.45) is 2.78. The molecular formula is C14H12BrN3OS. The molecule has 4 nitrogen and oxygen atoms in total. The lowest BCUT2D eigenvalue weighted by atomic mass is 10.1. The van der Waals surface area contributed by atoms with Gasteiger partial charge in [-0.1, -0.05) is 46.3 Å². The van der Waals surface area contributed by atoms with E-state index in [2.05, 4.69) is 32.9 Å². The van der Waals surface area contributed by atoms with Crippen LogP contribution in [0.2, 0.25) is 0 Å². The molecule has 6 heteroatoms. The molecule has 2 aromatic heterocycles. The average Bonchev–Trinajstić information content (AvgIpc) is 2.96. The van der Waals surface area contributed by atoms with Crippen molar-refractivity contribution in [3.8, 4) is 11.3 Å². The van der Waals surface area contributed by atoms with E-state index in [-0.39, 0.29) is 0 Å². The number of hydrogen-bond acceptors (Lipinski definition) is 4. The Balaban J connectivity index is 2.13. The van der Waals surface area contributed by atoms with Gasteiger partial charge in [0.1, 0.15) is 16.4 Å². The van der Waals surface area contributed by atoms with E-state index in [1.165, 1.54) is 0 Å². The van der Waals surface area contributed by atoms with Gasteiger partial charge in [-0.3, -0.25) is 4.79 Å². The number of nitrogens with zero attached hydrogens (tertiary/aromatic N) is 3. The molecule has 1 aromatic carbocycles. The summed E-state index contributed by atoms with van der Waals surface area (Å²) in [5.41, 5.74) is 2.13. The van der Waals surface area contributed by atoms with E-state index >= 15 is 0 Å². The number of aromatic nitrogens is 3. The lowest BCUT2D eigenvalue weighted by Crippen LogP contribution is -1.95. The Bertz CT molecular complexity index is 761. The van der Waals surface area contributed by atoms with E-state index in [0.29, 0.717) is 11.4 Å². The first-order valence-corrected chi connectivity index (χ1v) is 7.93. The molecule has 0 spiro atoms. The highest BCUT2D eigenvalue weighted by Crippen LogP contribution is 2.27. The Hall–Kier alpha value is -1.53. The van der Waals surface area contributed by atoms with Gasteiger partial charge in [0.2, 0.25) is 4.96 Å². The lowest BCUT2D eigenvalue weighted by Gasteiger charge is -1.98. The minimum atomic E-state index is 0.515. The Labute approximate surface area is 128 Å². The molecule has 0 amide bonds. The molecular weight excluding hydrogens is 338 g/mol. The Morgan fingerprint density at radius 2 is 2.10 bits per heavy atom. The van der Waals surface area contributed by atoms with Gasteiger partial charge in [-0.2, -0.15) is 9.61 Å². The maximum atomic E-state index is 11.4. The molecule has 0 aliphatic heterocycles. The first kappa shape index (κ1) is 13.5. The van der Waals surface area contributed by atoms with Crippen LogP contribution in [0.1, 0.15) is 28.8 Å². The number of benzene rings is 1. The molecule has 2 heterocycles. The van der Waals surface area contributed by atoms with Crippen molar-refractivity contribution in [3.63, 3.8) is 0 Å². The zero-order chi connectivity index (χ0) is 14.1. The normalized spacial score (nSPS) is 11.1. The number of rotatable bonds is 4. The second-order valence-electron chi connectivity index (χ2n) is 4.41. The van der Waals surface area contributed by atoms with Crippen LogP contribution in [0.4, 0.5) is 0 Å². The summed E-state index contributed by atoms with van der Waals surface area (Å²) in [7, 11) is 0. The van der Waals surface area contributed by atoms with Gasteiger partial charge in [0.15, 0.2) is 6.29 Å². The van der Waals surface area contributed by atoms with Crippen LogP contribution in [0.5, 0.6) is 0 Å². The second kappa shape index (κ2) is 5.46. The molecule has 3 aromatic rings. The molecule has 0 N–H and O–H groups in total. The van der Waals surface area contributed by atoms with Crippen molar-refractivity contribution in [2.75, 3.05) is 0 Å². The number of halogens is 1. The molecule has 0 saturated carbocycles. The Morgan fingerprint density at radius 1 is 1.35 bits per heavy atom. The number of carbonyl (C=O) groups is 1. The minimum Gasteiger partial charge on any atom is -0.296 e. The first-order chi connectivity index (χ1) is 9.72. The Morgan fingerprint density at radius 3 is 2.75 bits per heavy atom. The molecule has 0 atom stereocenters. The second-order valence-corrected chi connectivity index (χ2v) is 6.37. The third-order valence-electron chi connectivity index (χ3n) is 2.97. The SMILES string of the molecule is CCCc1nn2c(C=O)c(-c3ccc(Br)cc3)nc2s1. The fourth-order valence-corrected chi connectivity index (χ4v) is 3.31. The van der Waals surface area contributed by atoms with E-state index in [4.69, 9.17) is 0 Å². The summed E-state index contributed by atoms with van der Waals surface area (Å²) in [5.74, 6) is 0. The van der Waals surface area contributed by atoms with Crippen molar-refractivity contribution < 1.29 is 4.79 Å². The molecule has 0 aliphatic carbocycles. The maximum absolute atomic E-state index is 11.4. The van der Waals surface area contributed by atoms with Gasteiger partial charge in [0.25, 0.3) is 0 Å². The fourth-order valence-electron chi connectivity index (χ4n) is 2.04. The van der Waals surface area contributed by atoms with Crippen LogP contribution in [0, 0.1) is 0 Å². The summed E-state index contributed by atoms with van der Waals surface area (Å²) in [4.78, 5) is 16.7. The number of carbonyl (C=O) groups excluding carboxylic acids is 1. The molecule has 0 radical (unpaired) electrons. The van der Waals surface area contributed by atoms with E-state index in [0.717, 1.165) is 39.1 Å². The van der Waals surface area contributed by atoms with Gasteiger partial charge in [-0.05, 0) is 18.6 Å². The first-order valence-electron chi connectivity index (χ1n) is 6.32. The van der Waals surface area contributed by atoms with Gasteiger partial charge < -0.3 is 0 Å². The fraction of sp³-hybridized carbons (Fsp3) is 0.214. The highest BCUT2D eigenvalue weighted by molar-refractivity contribution is 9.10. The number of hydrogen-bond donors (Lipinski definition) is 0. The Kier molecular flexibility index (Phi) is 3.67. The van der Waals surface area contributed by atoms with Crippen molar-refractivity contribution in [3.05, 3.63) is 39.4 Å². The van der Waals surface area contributed by atoms with Gasteiger partial charge in [-0.15, -0.1) is 0 Å². The van der Waals surface area contributed by atoms with Gasteiger partial charge in [0, 0.05) is 16.5 Å². The van der Waals surface area contributed by atoms with E-state index in [9.17, 15) is 4.79 Å². The number of aldehydes is 1. The molecule has 0 unspecified atom stereocenters. The minimum absolute atomic E-state index is 0.515. The van der Waals surface area contributed by atoms with Crippen molar-refractivity contribution in [1.82, 2.24) is 14.6 Å². The number of imidazole rings is 1. The summed E-state index contributed by atoms with van der Waals surface area (Å²) < 4.78 is 2.65. The quantitative estimate of drug-likeness (QED) is 0.669. The van der Waals surface area contributed by atoms with Gasteiger partial charge >= 0.3 is 0 Å². The smallest absolute Gasteiger partial charge is 0.213 e. The van der Waals surface area contributed by atoms with E-state index < -0.39 is 0 Å². The number of aryl methyl sites for hydroxylation is 1. The van der Waals surface area contributed by atoms with Gasteiger partial charge in [0.05, 0.1) is 0 Å². The topological polar surface area (TPSA) is 47.3 Å². The maximum Gasteiger partial charge on any atom is 0.213 e. The molecule has 3 rings (SSSR count). The summed E-state index contributed by atoms with van der Waals surface area (Å²) >= 11 is 4.94. The van der Waals surface area contributed by atoms with Crippen LogP contribution in [0.3, 0.4) is 0 Å². The van der Waals surface area contributed by atoms with Crippen LogP contribution in [0.15, 0.2) is 28.7 Å². The summed E-state index contributed by atoms with van der Waals surface area (Å²) in [5, 5.41) is 5.48. The van der Waals surface area contributed by atoms with Crippen molar-refractivity contribution in [2.45, 2.75) is 19.8 Å². The zero-order valence-corrected chi connectivity index (χ0v) is 13.2. The van der Waals surface area contributed by atoms with E-state index in [1.807, 2.05) is 24.3 Å². The number of fused-ring (bicyclic) bond motifs is 1. The van der Waals surface area contributed by atoms with Crippen LogP contribution >= 0.6 is 27.3 Å². The molecule has 0 aliphatic rings. The summed E-state index contributed by atoms with van der Waals surface area (Å²) in [6, 6.07) is 7.76. The third kappa shape index (κ3) is 2.29. The van der Waals surface area contributed by atoms with Crippen molar-refractivity contribution >= 4 is 38.5 Å². The predicted molar refractivity (Wildman–Crippen MR) is 83.4 cm³/mol. The highest BCUT2D eigenvalue weighted by Gasteiger charge is 2.17. The van der Waals surface area contributed by atoms with Crippen LogP contribution in [-0.2, 0) is 6.42 Å². The predicted octanol–water partition coefficient (Wildman–Crippen LogP) is 3.99. The largest absolute Gasteiger partial charge is 0.296 e. The standard InChI is InChI=1S/C14H12BrN3OS/c1-2-3-12-17-18-11(8-19)13(16-14(18)20-12)9-4-6-10(15)7-5-9/h4-8H,2-3H2,1H3. The third-order valence-corrected chi connectivity index (χ3v) is 4.47. The monoisotopic (exact) mass is 349 g/mol.